The van der Waals surface area contributed by atoms with Crippen molar-refractivity contribution in [2.24, 2.45) is 11.8 Å². The molecule has 3 heterocycles. The number of carbonyl (C=O) groups is 5. The lowest BCUT2D eigenvalue weighted by Gasteiger charge is -2.46. The van der Waals surface area contributed by atoms with E-state index in [1.807, 2.05) is 0 Å². The summed E-state index contributed by atoms with van der Waals surface area (Å²) in [6.45, 7) is 3.98. The highest BCUT2D eigenvalue weighted by molar-refractivity contribution is 5.79. The van der Waals surface area contributed by atoms with Crippen LogP contribution >= 0.6 is 0 Å². The SMILES string of the molecule is COc1cc([C@@H]2c3cc4c(cc3[C@@H](O[C@@H]3O[C@H](COC(C)=O)[C@@H](OC(C)=O)[C@H](OC(C)=O)[C@H]3OC(C)=O)[C@H]3COC(=O)[C@H]23)OCO4)cc(OC)c1OC. The summed E-state index contributed by atoms with van der Waals surface area (Å²) in [6, 6.07) is 7.00. The third-order valence-electron chi connectivity index (χ3n) is 9.39. The number of methoxy groups -OCH3 is 3. The fourth-order valence-electron chi connectivity index (χ4n) is 7.41. The molecule has 2 fully saturated rings. The van der Waals surface area contributed by atoms with Gasteiger partial charge in [0.1, 0.15) is 12.7 Å². The Labute approximate surface area is 303 Å². The van der Waals surface area contributed by atoms with Crippen LogP contribution in [0.3, 0.4) is 0 Å². The molecule has 1 aliphatic carbocycles. The minimum absolute atomic E-state index is 0.0484. The lowest BCUT2D eigenvalue weighted by Crippen LogP contribution is -2.63. The monoisotopic (exact) mass is 744 g/mol. The second-order valence-corrected chi connectivity index (χ2v) is 12.7. The molecule has 0 spiro atoms. The van der Waals surface area contributed by atoms with Crippen molar-refractivity contribution in [2.45, 2.75) is 70.4 Å². The molecular weight excluding hydrogens is 704 g/mol. The molecule has 2 aromatic rings. The summed E-state index contributed by atoms with van der Waals surface area (Å²) < 4.78 is 69.0. The minimum Gasteiger partial charge on any atom is -0.493 e. The molecular formula is C36H40O17. The van der Waals surface area contributed by atoms with Gasteiger partial charge in [0, 0.05) is 39.5 Å². The van der Waals surface area contributed by atoms with Crippen LogP contribution in [-0.2, 0) is 57.1 Å². The fourth-order valence-corrected chi connectivity index (χ4v) is 7.41. The van der Waals surface area contributed by atoms with Crippen molar-refractivity contribution in [3.8, 4) is 28.7 Å². The van der Waals surface area contributed by atoms with E-state index in [1.54, 1.807) is 24.3 Å². The average Bonchev–Trinajstić information content (AvgIpc) is 3.73. The van der Waals surface area contributed by atoms with E-state index in [2.05, 4.69) is 0 Å². The van der Waals surface area contributed by atoms with Gasteiger partial charge >= 0.3 is 29.8 Å². The summed E-state index contributed by atoms with van der Waals surface area (Å²) in [5, 5.41) is 0. The second-order valence-electron chi connectivity index (χ2n) is 12.7. The summed E-state index contributed by atoms with van der Waals surface area (Å²) in [7, 11) is 4.45. The summed E-state index contributed by atoms with van der Waals surface area (Å²) in [6.07, 6.45) is -8.16. The van der Waals surface area contributed by atoms with Crippen molar-refractivity contribution in [3.05, 3.63) is 41.0 Å². The first-order valence-electron chi connectivity index (χ1n) is 16.7. The smallest absolute Gasteiger partial charge is 0.310 e. The molecule has 3 aliphatic heterocycles. The molecule has 6 rings (SSSR count). The quantitative estimate of drug-likeness (QED) is 0.240. The number of ether oxygens (including phenoxy) is 12. The lowest BCUT2D eigenvalue weighted by molar-refractivity contribution is -0.322. The van der Waals surface area contributed by atoms with Gasteiger partial charge in [-0.2, -0.15) is 0 Å². The van der Waals surface area contributed by atoms with Crippen LogP contribution in [0.25, 0.3) is 0 Å². The van der Waals surface area contributed by atoms with Crippen molar-refractivity contribution in [2.75, 3.05) is 41.3 Å². The van der Waals surface area contributed by atoms with Crippen molar-refractivity contribution >= 4 is 29.8 Å². The number of esters is 5. The van der Waals surface area contributed by atoms with Gasteiger partial charge < -0.3 is 56.8 Å². The van der Waals surface area contributed by atoms with Gasteiger partial charge in [-0.05, 0) is 41.0 Å². The van der Waals surface area contributed by atoms with Crippen LogP contribution in [-0.4, -0.2) is 102 Å². The molecule has 2 aromatic carbocycles. The van der Waals surface area contributed by atoms with Crippen molar-refractivity contribution in [3.63, 3.8) is 0 Å². The van der Waals surface area contributed by atoms with Gasteiger partial charge in [0.2, 0.25) is 12.5 Å². The first kappa shape index (κ1) is 37.5. The molecule has 9 atom stereocenters. The summed E-state index contributed by atoms with van der Waals surface area (Å²) in [5.41, 5.74) is 1.80. The third-order valence-corrected chi connectivity index (χ3v) is 9.39. The highest BCUT2D eigenvalue weighted by Gasteiger charge is 2.57. The van der Waals surface area contributed by atoms with E-state index in [0.29, 0.717) is 45.4 Å². The Bertz CT molecular complexity index is 1750. The van der Waals surface area contributed by atoms with Gasteiger partial charge in [-0.25, -0.2) is 0 Å². The maximum atomic E-state index is 13.8. The number of carbonyl (C=O) groups excluding carboxylic acids is 5. The Morgan fingerprint density at radius 1 is 0.717 bits per heavy atom. The Kier molecular flexibility index (Phi) is 10.9. The molecule has 286 valence electrons. The van der Waals surface area contributed by atoms with Crippen molar-refractivity contribution in [1.82, 2.24) is 0 Å². The van der Waals surface area contributed by atoms with Gasteiger partial charge in [0.25, 0.3) is 0 Å². The van der Waals surface area contributed by atoms with E-state index in [9.17, 15) is 24.0 Å². The zero-order valence-electron chi connectivity index (χ0n) is 30.1. The molecule has 17 heteroatoms. The molecule has 0 N–H and O–H groups in total. The topological polar surface area (TPSA) is 196 Å². The predicted octanol–water partition coefficient (Wildman–Crippen LogP) is 2.52. The molecule has 2 saturated heterocycles. The van der Waals surface area contributed by atoms with Gasteiger partial charge in [-0.1, -0.05) is 0 Å². The van der Waals surface area contributed by atoms with Gasteiger partial charge in [0.15, 0.2) is 47.6 Å². The summed E-state index contributed by atoms with van der Waals surface area (Å²) >= 11 is 0. The highest BCUT2D eigenvalue weighted by atomic mass is 16.7. The summed E-state index contributed by atoms with van der Waals surface area (Å²) in [4.78, 5) is 62.8. The van der Waals surface area contributed by atoms with Crippen molar-refractivity contribution < 1.29 is 80.8 Å². The highest BCUT2D eigenvalue weighted by Crippen LogP contribution is 2.57. The normalized spacial score (nSPS) is 28.1. The average molecular weight is 745 g/mol. The first-order valence-corrected chi connectivity index (χ1v) is 16.7. The van der Waals surface area contributed by atoms with E-state index in [0.717, 1.165) is 20.8 Å². The van der Waals surface area contributed by atoms with E-state index < -0.39 is 91.0 Å². The molecule has 17 nitrogen and oxygen atoms in total. The molecule has 0 amide bonds. The van der Waals surface area contributed by atoms with Gasteiger partial charge in [-0.3, -0.25) is 24.0 Å². The van der Waals surface area contributed by atoms with Crippen LogP contribution in [0.4, 0.5) is 0 Å². The lowest BCUT2D eigenvalue weighted by atomic mass is 9.66. The standard InChI is InChI=1S/C36H40O17/c1-15(37)45-13-27-32(49-16(2)38)33(50-17(3)39)34(51-18(4)40)36(52-27)53-30-21-11-24-23(47-14-48-24)10-20(21)28(29-22(30)12-46-35(29)41)19-8-25(42-5)31(44-7)26(9-19)43-6/h8-11,22,27-30,32-34,36H,12-14H2,1-7H3/t22-,27+,28+,29-,30+,32+,33-,34+,36-/m0/s1. The number of benzene rings is 2. The molecule has 0 saturated carbocycles. The fraction of sp³-hybridized carbons (Fsp3) is 0.528. The van der Waals surface area contributed by atoms with Crippen LogP contribution in [0.2, 0.25) is 0 Å². The molecule has 53 heavy (non-hydrogen) atoms. The minimum atomic E-state index is -1.53. The van der Waals surface area contributed by atoms with Crippen LogP contribution in [0.5, 0.6) is 28.7 Å². The number of cyclic esters (lactones) is 1. The Morgan fingerprint density at radius 2 is 1.30 bits per heavy atom. The van der Waals surface area contributed by atoms with Crippen LogP contribution in [0.15, 0.2) is 24.3 Å². The van der Waals surface area contributed by atoms with Gasteiger partial charge in [-0.15, -0.1) is 0 Å². The van der Waals surface area contributed by atoms with E-state index >= 15 is 0 Å². The Hall–Kier alpha value is -5.29. The second kappa shape index (κ2) is 15.4. The molecule has 0 radical (unpaired) electrons. The molecule has 0 unspecified atom stereocenters. The molecule has 0 aromatic heterocycles. The van der Waals surface area contributed by atoms with Crippen LogP contribution < -0.4 is 23.7 Å². The third kappa shape index (κ3) is 7.35. The molecule has 0 bridgehead atoms. The number of hydrogen-bond donors (Lipinski definition) is 0. The number of fused-ring (bicyclic) bond motifs is 3. The van der Waals surface area contributed by atoms with Crippen LogP contribution in [0.1, 0.15) is 56.4 Å². The maximum absolute atomic E-state index is 13.8. The first-order chi connectivity index (χ1) is 25.3. The van der Waals surface area contributed by atoms with Gasteiger partial charge in [0.05, 0.1) is 40.0 Å². The van der Waals surface area contributed by atoms with Crippen molar-refractivity contribution in [1.29, 1.82) is 0 Å². The zero-order chi connectivity index (χ0) is 38.1. The predicted molar refractivity (Wildman–Crippen MR) is 174 cm³/mol. The maximum Gasteiger partial charge on any atom is 0.310 e. The Balaban J connectivity index is 1.49. The number of hydrogen-bond acceptors (Lipinski definition) is 17. The summed E-state index contributed by atoms with van der Waals surface area (Å²) in [5.74, 6) is -3.79. The van der Waals surface area contributed by atoms with E-state index in [4.69, 9.17) is 56.8 Å². The molecule has 4 aliphatic rings. The van der Waals surface area contributed by atoms with Crippen LogP contribution in [0, 0.1) is 11.8 Å². The van der Waals surface area contributed by atoms with E-state index in [1.165, 1.54) is 28.3 Å². The van der Waals surface area contributed by atoms with E-state index in [-0.39, 0.29) is 13.4 Å². The Morgan fingerprint density at radius 3 is 1.87 bits per heavy atom. The number of rotatable bonds is 11. The zero-order valence-corrected chi connectivity index (χ0v) is 30.1. The largest absolute Gasteiger partial charge is 0.493 e.